The molecule has 3 rings (SSSR count). The van der Waals surface area contributed by atoms with Crippen LogP contribution in [0.25, 0.3) is 10.1 Å². The molecule has 29 heavy (non-hydrogen) atoms. The van der Waals surface area contributed by atoms with Crippen molar-refractivity contribution in [2.45, 2.75) is 83.7 Å². The lowest BCUT2D eigenvalue weighted by atomic mass is 9.93. The van der Waals surface area contributed by atoms with Gasteiger partial charge in [-0.15, -0.1) is 11.3 Å². The van der Waals surface area contributed by atoms with Crippen LogP contribution in [0.4, 0.5) is 5.69 Å². The van der Waals surface area contributed by atoms with Crippen molar-refractivity contribution in [3.8, 4) is 0 Å². The first kappa shape index (κ1) is 22.3. The molecule has 1 fully saturated rings. The summed E-state index contributed by atoms with van der Waals surface area (Å²) in [5.41, 5.74) is 0.942. The molecule has 6 heteroatoms. The molecule has 0 saturated heterocycles. The molecule has 1 aliphatic rings. The largest absolute Gasteiger partial charge is 0.462 e. The Labute approximate surface area is 180 Å². The molecular formula is C23H35NO3SSi. The number of esters is 1. The number of carbonyl (C=O) groups excluding carboxylic acids is 1. The number of hydrogen-bond donors (Lipinski definition) is 1. The molecule has 0 radical (unpaired) electrons. The van der Waals surface area contributed by atoms with Gasteiger partial charge in [-0.25, -0.2) is 4.79 Å². The average Bonchev–Trinajstić information content (AvgIpc) is 3.01. The van der Waals surface area contributed by atoms with Crippen molar-refractivity contribution < 1.29 is 14.0 Å². The third-order valence-electron chi connectivity index (χ3n) is 6.35. The normalized spacial score (nSPS) is 20.6. The van der Waals surface area contributed by atoms with Crippen LogP contribution in [0.2, 0.25) is 18.1 Å². The van der Waals surface area contributed by atoms with E-state index in [1.54, 1.807) is 0 Å². The number of thiophene rings is 1. The number of ether oxygens (including phenoxy) is 1. The molecule has 1 N–H and O–H groups in total. The van der Waals surface area contributed by atoms with Gasteiger partial charge in [-0.05, 0) is 56.8 Å². The molecule has 4 nitrogen and oxygen atoms in total. The number of anilines is 1. The molecule has 1 aromatic carbocycles. The van der Waals surface area contributed by atoms with E-state index in [0.717, 1.165) is 41.5 Å². The van der Waals surface area contributed by atoms with Crippen molar-refractivity contribution in [3.63, 3.8) is 0 Å². The van der Waals surface area contributed by atoms with Crippen LogP contribution in [0.1, 0.15) is 63.0 Å². The van der Waals surface area contributed by atoms with Gasteiger partial charge in [0.25, 0.3) is 0 Å². The minimum Gasteiger partial charge on any atom is -0.462 e. The molecule has 1 saturated carbocycles. The summed E-state index contributed by atoms with van der Waals surface area (Å²) in [6, 6.07) is 8.56. The van der Waals surface area contributed by atoms with Gasteiger partial charge in [0.05, 0.1) is 12.3 Å². The van der Waals surface area contributed by atoms with Gasteiger partial charge in [-0.2, -0.15) is 0 Å². The van der Waals surface area contributed by atoms with Crippen LogP contribution in [-0.4, -0.2) is 33.0 Å². The van der Waals surface area contributed by atoms with Gasteiger partial charge in [0, 0.05) is 22.2 Å². The number of nitrogens with one attached hydrogen (secondary N) is 1. The highest BCUT2D eigenvalue weighted by atomic mass is 32.1. The highest BCUT2D eigenvalue weighted by Crippen LogP contribution is 2.41. The molecule has 0 bridgehead atoms. The third kappa shape index (κ3) is 5.04. The van der Waals surface area contributed by atoms with Crippen LogP contribution >= 0.6 is 11.3 Å². The highest BCUT2D eigenvalue weighted by molar-refractivity contribution is 7.21. The van der Waals surface area contributed by atoms with E-state index in [9.17, 15) is 4.79 Å². The van der Waals surface area contributed by atoms with Gasteiger partial charge in [0.1, 0.15) is 4.88 Å². The Morgan fingerprint density at radius 3 is 2.45 bits per heavy atom. The zero-order chi connectivity index (χ0) is 21.2. The summed E-state index contributed by atoms with van der Waals surface area (Å²) < 4.78 is 13.1. The van der Waals surface area contributed by atoms with E-state index in [0.29, 0.717) is 23.6 Å². The zero-order valence-corrected chi connectivity index (χ0v) is 20.4. The maximum atomic E-state index is 12.5. The van der Waals surface area contributed by atoms with E-state index in [-0.39, 0.29) is 11.0 Å². The summed E-state index contributed by atoms with van der Waals surface area (Å²) in [6.45, 7) is 13.8. The Morgan fingerprint density at radius 1 is 1.17 bits per heavy atom. The number of benzene rings is 1. The van der Waals surface area contributed by atoms with Crippen LogP contribution < -0.4 is 5.32 Å². The fourth-order valence-electron chi connectivity index (χ4n) is 3.65. The SMILES string of the molecule is CCOC(=O)c1sc2ccccc2c1N[C@H]1CC[C@@H](O[Si](C)(C)C(C)(C)C)CC1. The standard InChI is InChI=1S/C23H35NO3SSi/c1-7-26-22(25)21-20(18-10-8-9-11-19(18)28-21)24-16-12-14-17(15-13-16)27-29(5,6)23(2,3)4/h8-11,16-17,24H,7,12-15H2,1-6H3/t16-,17+. The maximum absolute atomic E-state index is 12.5. The number of fused-ring (bicyclic) bond motifs is 1. The predicted molar refractivity (Wildman–Crippen MR) is 126 cm³/mol. The lowest BCUT2D eigenvalue weighted by molar-refractivity contribution is 0.0533. The van der Waals surface area contributed by atoms with Crippen molar-refractivity contribution in [2.75, 3.05) is 11.9 Å². The second-order valence-electron chi connectivity index (χ2n) is 9.52. The molecular weight excluding hydrogens is 398 g/mol. The second-order valence-corrected chi connectivity index (χ2v) is 15.3. The molecule has 1 aliphatic carbocycles. The second kappa shape index (κ2) is 8.78. The van der Waals surface area contributed by atoms with E-state index >= 15 is 0 Å². The summed E-state index contributed by atoms with van der Waals surface area (Å²) in [6.07, 6.45) is 4.62. The van der Waals surface area contributed by atoms with E-state index in [1.807, 2.05) is 19.1 Å². The lowest BCUT2D eigenvalue weighted by Gasteiger charge is -2.41. The predicted octanol–water partition coefficient (Wildman–Crippen LogP) is 6.82. The van der Waals surface area contributed by atoms with Gasteiger partial charge < -0.3 is 14.5 Å². The van der Waals surface area contributed by atoms with Gasteiger partial charge in [0.2, 0.25) is 0 Å². The van der Waals surface area contributed by atoms with Crippen molar-refractivity contribution in [1.29, 1.82) is 0 Å². The molecule has 0 spiro atoms. The maximum Gasteiger partial charge on any atom is 0.350 e. The molecule has 1 aromatic heterocycles. The Hall–Kier alpha value is -1.37. The average molecular weight is 434 g/mol. The minimum absolute atomic E-state index is 0.230. The zero-order valence-electron chi connectivity index (χ0n) is 18.6. The summed E-state index contributed by atoms with van der Waals surface area (Å²) in [4.78, 5) is 13.2. The minimum atomic E-state index is -1.73. The molecule has 0 unspecified atom stereocenters. The monoisotopic (exact) mass is 433 g/mol. The fraction of sp³-hybridized carbons (Fsp3) is 0.609. The highest BCUT2D eigenvalue weighted by Gasteiger charge is 2.40. The van der Waals surface area contributed by atoms with E-state index in [2.05, 4.69) is 51.3 Å². The number of rotatable bonds is 6. The first-order valence-corrected chi connectivity index (χ1v) is 14.5. The Balaban J connectivity index is 1.70. The van der Waals surface area contributed by atoms with Crippen molar-refractivity contribution in [2.24, 2.45) is 0 Å². The fourth-order valence-corrected chi connectivity index (χ4v) is 6.13. The van der Waals surface area contributed by atoms with Crippen molar-refractivity contribution in [3.05, 3.63) is 29.1 Å². The third-order valence-corrected chi connectivity index (χ3v) is 12.0. The molecule has 2 aromatic rings. The molecule has 1 heterocycles. The smallest absolute Gasteiger partial charge is 0.350 e. The van der Waals surface area contributed by atoms with Crippen molar-refractivity contribution in [1.82, 2.24) is 0 Å². The topological polar surface area (TPSA) is 47.6 Å². The summed E-state index contributed by atoms with van der Waals surface area (Å²) in [5, 5.41) is 5.04. The van der Waals surface area contributed by atoms with E-state index in [4.69, 9.17) is 9.16 Å². The van der Waals surface area contributed by atoms with Gasteiger partial charge in [0.15, 0.2) is 8.32 Å². The van der Waals surface area contributed by atoms with E-state index < -0.39 is 8.32 Å². The molecule has 0 atom stereocenters. The molecule has 160 valence electrons. The van der Waals surface area contributed by atoms with Crippen LogP contribution in [0.3, 0.4) is 0 Å². The Kier molecular flexibility index (Phi) is 6.76. The lowest BCUT2D eigenvalue weighted by Crippen LogP contribution is -2.45. The Bertz CT molecular complexity index is 847. The summed E-state index contributed by atoms with van der Waals surface area (Å²) in [5.74, 6) is -0.230. The number of carbonyl (C=O) groups is 1. The van der Waals surface area contributed by atoms with Crippen LogP contribution in [0, 0.1) is 0 Å². The number of hydrogen-bond acceptors (Lipinski definition) is 5. The van der Waals surface area contributed by atoms with Crippen LogP contribution in [-0.2, 0) is 9.16 Å². The quantitative estimate of drug-likeness (QED) is 0.401. The summed E-state index contributed by atoms with van der Waals surface area (Å²) >= 11 is 1.52. The van der Waals surface area contributed by atoms with Crippen LogP contribution in [0.5, 0.6) is 0 Å². The first-order valence-electron chi connectivity index (χ1n) is 10.8. The first-order chi connectivity index (χ1) is 13.6. The van der Waals surface area contributed by atoms with Crippen molar-refractivity contribution >= 4 is 41.4 Å². The van der Waals surface area contributed by atoms with Crippen LogP contribution in [0.15, 0.2) is 24.3 Å². The van der Waals surface area contributed by atoms with Gasteiger partial charge >= 0.3 is 5.97 Å². The Morgan fingerprint density at radius 2 is 1.83 bits per heavy atom. The summed E-state index contributed by atoms with van der Waals surface area (Å²) in [7, 11) is -1.73. The van der Waals surface area contributed by atoms with E-state index in [1.165, 1.54) is 11.3 Å². The van der Waals surface area contributed by atoms with Gasteiger partial charge in [-0.1, -0.05) is 39.0 Å². The molecule has 0 amide bonds. The molecule has 0 aliphatic heterocycles. The van der Waals surface area contributed by atoms with Gasteiger partial charge in [-0.3, -0.25) is 0 Å².